The molecule has 19 heavy (non-hydrogen) atoms. The molecule has 1 aromatic heterocycles. The number of aliphatic hydroxyl groups is 1. The number of aryl methyl sites for hydroxylation is 2. The van der Waals surface area contributed by atoms with Gasteiger partial charge in [-0.25, -0.2) is 4.68 Å². The molecular formula is C15H20N2O2. The molecule has 0 saturated carbocycles. The van der Waals surface area contributed by atoms with Crippen molar-refractivity contribution in [2.24, 2.45) is 7.05 Å². The monoisotopic (exact) mass is 260 g/mol. The molecule has 0 aliphatic carbocycles. The quantitative estimate of drug-likeness (QED) is 0.918. The average molecular weight is 260 g/mol. The fourth-order valence-electron chi connectivity index (χ4n) is 2.09. The van der Waals surface area contributed by atoms with Gasteiger partial charge in [0, 0.05) is 12.6 Å². The highest BCUT2D eigenvalue weighted by Crippen LogP contribution is 2.30. The van der Waals surface area contributed by atoms with E-state index in [1.165, 1.54) is 5.56 Å². The van der Waals surface area contributed by atoms with Crippen LogP contribution in [0.4, 0.5) is 0 Å². The molecule has 1 atom stereocenters. The fourth-order valence-corrected chi connectivity index (χ4v) is 2.09. The molecule has 0 amide bonds. The Kier molecular flexibility index (Phi) is 3.90. The van der Waals surface area contributed by atoms with Gasteiger partial charge in [-0.2, -0.15) is 5.10 Å². The number of aromatic nitrogens is 2. The van der Waals surface area contributed by atoms with Crippen LogP contribution in [0.15, 0.2) is 24.3 Å². The minimum atomic E-state index is -0.587. The van der Waals surface area contributed by atoms with Crippen LogP contribution in [0.25, 0.3) is 0 Å². The van der Waals surface area contributed by atoms with E-state index in [0.29, 0.717) is 11.6 Å². The van der Waals surface area contributed by atoms with Gasteiger partial charge in [-0.1, -0.05) is 24.6 Å². The van der Waals surface area contributed by atoms with Crippen molar-refractivity contribution in [3.8, 4) is 11.6 Å². The second kappa shape index (κ2) is 5.45. The number of rotatable bonds is 4. The van der Waals surface area contributed by atoms with Gasteiger partial charge in [-0.15, -0.1) is 0 Å². The van der Waals surface area contributed by atoms with Gasteiger partial charge in [0.05, 0.1) is 11.8 Å². The molecule has 2 aromatic rings. The molecule has 0 aliphatic rings. The lowest BCUT2D eigenvalue weighted by Gasteiger charge is -2.08. The number of nitrogens with zero attached hydrogens (tertiary/aromatic N) is 2. The SMILES string of the molecule is CCc1c(C(C)O)nn(C)c1Oc1ccc(C)cc1. The van der Waals surface area contributed by atoms with E-state index < -0.39 is 6.10 Å². The highest BCUT2D eigenvalue weighted by atomic mass is 16.5. The molecule has 0 radical (unpaired) electrons. The summed E-state index contributed by atoms with van der Waals surface area (Å²) >= 11 is 0. The first kappa shape index (κ1) is 13.6. The van der Waals surface area contributed by atoms with Crippen molar-refractivity contribution < 1.29 is 9.84 Å². The number of aliphatic hydroxyl groups excluding tert-OH is 1. The Hall–Kier alpha value is -1.81. The third-order valence-electron chi connectivity index (χ3n) is 3.10. The largest absolute Gasteiger partial charge is 0.439 e. The molecule has 2 rings (SSSR count). The van der Waals surface area contributed by atoms with E-state index in [-0.39, 0.29) is 0 Å². The molecule has 1 aromatic carbocycles. The van der Waals surface area contributed by atoms with E-state index in [9.17, 15) is 5.11 Å². The number of ether oxygens (including phenoxy) is 1. The molecule has 0 spiro atoms. The Balaban J connectivity index is 2.36. The first-order chi connectivity index (χ1) is 9.02. The number of hydrogen-bond donors (Lipinski definition) is 1. The minimum absolute atomic E-state index is 0.587. The van der Waals surface area contributed by atoms with Crippen molar-refractivity contribution in [1.29, 1.82) is 0 Å². The molecule has 1 heterocycles. The summed E-state index contributed by atoms with van der Waals surface area (Å²) in [6.07, 6.45) is 0.187. The Morgan fingerprint density at radius 3 is 2.47 bits per heavy atom. The zero-order valence-corrected chi connectivity index (χ0v) is 11.8. The van der Waals surface area contributed by atoms with Gasteiger partial charge in [-0.3, -0.25) is 0 Å². The van der Waals surface area contributed by atoms with Gasteiger partial charge in [0.25, 0.3) is 0 Å². The van der Waals surface area contributed by atoms with Crippen molar-refractivity contribution in [2.45, 2.75) is 33.3 Å². The standard InChI is InChI=1S/C15H20N2O2/c1-5-13-14(11(3)18)16-17(4)15(13)19-12-8-6-10(2)7-9-12/h6-9,11,18H,5H2,1-4H3. The summed E-state index contributed by atoms with van der Waals surface area (Å²) in [4.78, 5) is 0. The maximum absolute atomic E-state index is 9.74. The molecule has 4 nitrogen and oxygen atoms in total. The van der Waals surface area contributed by atoms with Crippen LogP contribution < -0.4 is 4.74 Å². The van der Waals surface area contributed by atoms with Crippen LogP contribution in [-0.2, 0) is 13.5 Å². The van der Waals surface area contributed by atoms with Crippen molar-refractivity contribution >= 4 is 0 Å². The third kappa shape index (κ3) is 2.79. The smallest absolute Gasteiger partial charge is 0.221 e. The summed E-state index contributed by atoms with van der Waals surface area (Å²) in [5, 5.41) is 14.1. The Morgan fingerprint density at radius 2 is 1.95 bits per heavy atom. The van der Waals surface area contributed by atoms with Gasteiger partial charge in [0.2, 0.25) is 5.88 Å². The summed E-state index contributed by atoms with van der Waals surface area (Å²) in [5.41, 5.74) is 2.84. The van der Waals surface area contributed by atoms with Crippen LogP contribution >= 0.6 is 0 Å². The van der Waals surface area contributed by atoms with Crippen LogP contribution in [-0.4, -0.2) is 14.9 Å². The average Bonchev–Trinajstić information content (AvgIpc) is 2.69. The van der Waals surface area contributed by atoms with Crippen molar-refractivity contribution in [2.75, 3.05) is 0 Å². The molecule has 4 heteroatoms. The molecule has 0 bridgehead atoms. The van der Waals surface area contributed by atoms with E-state index in [1.54, 1.807) is 11.6 Å². The van der Waals surface area contributed by atoms with E-state index in [0.717, 1.165) is 17.7 Å². The second-order valence-electron chi connectivity index (χ2n) is 4.74. The predicted molar refractivity (Wildman–Crippen MR) is 74.5 cm³/mol. The Bertz CT molecular complexity index is 556. The predicted octanol–water partition coefficient (Wildman–Crippen LogP) is 3.14. The highest BCUT2D eigenvalue weighted by molar-refractivity contribution is 5.37. The Morgan fingerprint density at radius 1 is 1.32 bits per heavy atom. The van der Waals surface area contributed by atoms with E-state index in [4.69, 9.17) is 4.74 Å². The lowest BCUT2D eigenvalue weighted by atomic mass is 10.1. The van der Waals surface area contributed by atoms with Crippen molar-refractivity contribution in [1.82, 2.24) is 9.78 Å². The van der Waals surface area contributed by atoms with E-state index >= 15 is 0 Å². The summed E-state index contributed by atoms with van der Waals surface area (Å²) in [7, 11) is 1.83. The van der Waals surface area contributed by atoms with E-state index in [2.05, 4.69) is 5.10 Å². The zero-order chi connectivity index (χ0) is 14.0. The van der Waals surface area contributed by atoms with Crippen LogP contribution in [0.3, 0.4) is 0 Å². The molecule has 0 saturated heterocycles. The second-order valence-corrected chi connectivity index (χ2v) is 4.74. The normalized spacial score (nSPS) is 12.5. The minimum Gasteiger partial charge on any atom is -0.439 e. The van der Waals surface area contributed by atoms with Crippen LogP contribution in [0, 0.1) is 6.92 Å². The van der Waals surface area contributed by atoms with Gasteiger partial charge < -0.3 is 9.84 Å². The first-order valence-electron chi connectivity index (χ1n) is 6.51. The lowest BCUT2D eigenvalue weighted by Crippen LogP contribution is -1.97. The summed E-state index contributed by atoms with van der Waals surface area (Å²) in [6, 6.07) is 7.88. The molecule has 1 unspecified atom stereocenters. The van der Waals surface area contributed by atoms with E-state index in [1.807, 2.05) is 45.2 Å². The van der Waals surface area contributed by atoms with Gasteiger partial charge in [0.15, 0.2) is 0 Å². The molecule has 1 N–H and O–H groups in total. The van der Waals surface area contributed by atoms with Gasteiger partial charge in [0.1, 0.15) is 5.75 Å². The maximum atomic E-state index is 9.74. The fraction of sp³-hybridized carbons (Fsp3) is 0.400. The third-order valence-corrected chi connectivity index (χ3v) is 3.10. The number of benzene rings is 1. The molecule has 102 valence electrons. The molecular weight excluding hydrogens is 240 g/mol. The number of hydrogen-bond acceptors (Lipinski definition) is 3. The van der Waals surface area contributed by atoms with Crippen LogP contribution in [0.2, 0.25) is 0 Å². The van der Waals surface area contributed by atoms with Crippen LogP contribution in [0.1, 0.15) is 36.8 Å². The van der Waals surface area contributed by atoms with Crippen LogP contribution in [0.5, 0.6) is 11.6 Å². The zero-order valence-electron chi connectivity index (χ0n) is 11.8. The topological polar surface area (TPSA) is 47.3 Å². The Labute approximate surface area is 113 Å². The summed E-state index contributed by atoms with van der Waals surface area (Å²) in [5.74, 6) is 1.47. The lowest BCUT2D eigenvalue weighted by molar-refractivity contribution is 0.192. The van der Waals surface area contributed by atoms with Crippen molar-refractivity contribution in [3.63, 3.8) is 0 Å². The maximum Gasteiger partial charge on any atom is 0.221 e. The molecule has 0 aliphatic heterocycles. The first-order valence-corrected chi connectivity index (χ1v) is 6.51. The summed E-state index contributed by atoms with van der Waals surface area (Å²) < 4.78 is 7.59. The highest BCUT2D eigenvalue weighted by Gasteiger charge is 2.19. The van der Waals surface area contributed by atoms with Gasteiger partial charge in [-0.05, 0) is 32.4 Å². The summed E-state index contributed by atoms with van der Waals surface area (Å²) in [6.45, 7) is 5.79. The van der Waals surface area contributed by atoms with Gasteiger partial charge >= 0.3 is 0 Å². The molecule has 0 fully saturated rings. The van der Waals surface area contributed by atoms with Crippen molar-refractivity contribution in [3.05, 3.63) is 41.1 Å².